The summed E-state index contributed by atoms with van der Waals surface area (Å²) >= 11 is 5.51. The summed E-state index contributed by atoms with van der Waals surface area (Å²) in [5.41, 5.74) is 1.08. The Balaban J connectivity index is 2.98. The first kappa shape index (κ1) is 7.88. The molecule has 0 aromatic carbocycles. The molecule has 0 radical (unpaired) electrons. The summed E-state index contributed by atoms with van der Waals surface area (Å²) in [6, 6.07) is 3.31. The lowest BCUT2D eigenvalue weighted by Gasteiger charge is -1.95. The van der Waals surface area contributed by atoms with Gasteiger partial charge in [-0.3, -0.25) is 4.99 Å². The summed E-state index contributed by atoms with van der Waals surface area (Å²) in [5.74, 6) is 0. The molecule has 0 unspecified atom stereocenters. The van der Waals surface area contributed by atoms with Crippen LogP contribution < -0.4 is 0 Å². The maximum absolute atomic E-state index is 5.51. The maximum Gasteiger partial charge on any atom is 0.151 e. The minimum atomic E-state index is 0.352. The second-order valence-corrected chi connectivity index (χ2v) is 2.23. The average Bonchev–Trinajstić information content (AvgIpc) is 2.05. The SMILES string of the molecule is C=NC(=C)c1ccc(Cl)nn1. The first-order valence-electron chi connectivity index (χ1n) is 2.89. The Hall–Kier alpha value is -1.22. The van der Waals surface area contributed by atoms with E-state index < -0.39 is 0 Å². The van der Waals surface area contributed by atoms with E-state index in [2.05, 4.69) is 28.5 Å². The molecule has 11 heavy (non-hydrogen) atoms. The van der Waals surface area contributed by atoms with Crippen LogP contribution in [-0.4, -0.2) is 16.9 Å². The molecule has 56 valence electrons. The van der Waals surface area contributed by atoms with Crippen LogP contribution in [0, 0.1) is 0 Å². The van der Waals surface area contributed by atoms with Crippen LogP contribution in [0.15, 0.2) is 23.7 Å². The fraction of sp³-hybridized carbons (Fsp3) is 0. The average molecular weight is 168 g/mol. The van der Waals surface area contributed by atoms with Crippen molar-refractivity contribution in [2.75, 3.05) is 0 Å². The Morgan fingerprint density at radius 1 is 1.45 bits per heavy atom. The van der Waals surface area contributed by atoms with Gasteiger partial charge >= 0.3 is 0 Å². The van der Waals surface area contributed by atoms with Crippen molar-refractivity contribution < 1.29 is 0 Å². The molecule has 0 atom stereocenters. The van der Waals surface area contributed by atoms with E-state index in [1.807, 2.05) is 0 Å². The number of hydrogen-bond donors (Lipinski definition) is 0. The van der Waals surface area contributed by atoms with Gasteiger partial charge in [-0.1, -0.05) is 18.2 Å². The molecule has 0 spiro atoms. The van der Waals surface area contributed by atoms with Gasteiger partial charge in [-0.05, 0) is 18.9 Å². The summed E-state index contributed by atoms with van der Waals surface area (Å²) in [4.78, 5) is 3.60. The molecule has 0 bridgehead atoms. The fourth-order valence-electron chi connectivity index (χ4n) is 0.551. The van der Waals surface area contributed by atoms with Gasteiger partial charge in [-0.2, -0.15) is 0 Å². The summed E-state index contributed by atoms with van der Waals surface area (Å²) in [6.45, 7) is 6.91. The summed E-state index contributed by atoms with van der Waals surface area (Å²) in [5, 5.41) is 7.70. The molecule has 1 rings (SSSR count). The van der Waals surface area contributed by atoms with Crippen molar-refractivity contribution in [1.29, 1.82) is 0 Å². The normalized spacial score (nSPS) is 9.18. The summed E-state index contributed by atoms with van der Waals surface area (Å²) in [6.07, 6.45) is 0. The standard InChI is InChI=1S/C7H6ClN3/c1-5(9-2)6-3-4-7(8)11-10-6/h3-4H,1-2H2. The highest BCUT2D eigenvalue weighted by Gasteiger charge is 1.97. The lowest BCUT2D eigenvalue weighted by atomic mass is 10.3. The van der Waals surface area contributed by atoms with Gasteiger partial charge in [-0.15, -0.1) is 10.2 Å². The Kier molecular flexibility index (Phi) is 2.33. The van der Waals surface area contributed by atoms with Crippen molar-refractivity contribution in [3.05, 3.63) is 29.6 Å². The third kappa shape index (κ3) is 1.85. The highest BCUT2D eigenvalue weighted by Crippen LogP contribution is 2.10. The Bertz CT molecular complexity index is 278. The van der Waals surface area contributed by atoms with Crippen molar-refractivity contribution in [3.8, 4) is 0 Å². The molecule has 1 aromatic heterocycles. The van der Waals surface area contributed by atoms with E-state index in [4.69, 9.17) is 11.6 Å². The van der Waals surface area contributed by atoms with E-state index in [1.54, 1.807) is 12.1 Å². The zero-order chi connectivity index (χ0) is 8.27. The minimum absolute atomic E-state index is 0.352. The second-order valence-electron chi connectivity index (χ2n) is 1.85. The van der Waals surface area contributed by atoms with Crippen molar-refractivity contribution in [2.45, 2.75) is 0 Å². The van der Waals surface area contributed by atoms with Crippen LogP contribution in [0.5, 0.6) is 0 Å². The molecule has 3 nitrogen and oxygen atoms in total. The molecule has 0 aliphatic heterocycles. The van der Waals surface area contributed by atoms with Gasteiger partial charge in [0.05, 0.1) is 5.70 Å². The van der Waals surface area contributed by atoms with E-state index >= 15 is 0 Å². The number of hydrogen-bond acceptors (Lipinski definition) is 3. The summed E-state index contributed by atoms with van der Waals surface area (Å²) in [7, 11) is 0. The van der Waals surface area contributed by atoms with Crippen LogP contribution in [0.2, 0.25) is 5.15 Å². The molecule has 0 saturated carbocycles. The van der Waals surface area contributed by atoms with E-state index in [0.29, 0.717) is 16.5 Å². The Morgan fingerprint density at radius 3 is 2.64 bits per heavy atom. The molecule has 1 heterocycles. The van der Waals surface area contributed by atoms with E-state index in [9.17, 15) is 0 Å². The first-order valence-corrected chi connectivity index (χ1v) is 3.27. The van der Waals surface area contributed by atoms with Crippen molar-refractivity contribution in [3.63, 3.8) is 0 Å². The third-order valence-corrected chi connectivity index (χ3v) is 1.32. The van der Waals surface area contributed by atoms with Crippen LogP contribution in [0.25, 0.3) is 5.70 Å². The molecule has 0 saturated heterocycles. The fourth-order valence-corrected chi connectivity index (χ4v) is 0.652. The lowest BCUT2D eigenvalue weighted by molar-refractivity contribution is 1.01. The Labute approximate surface area is 69.4 Å². The van der Waals surface area contributed by atoms with Gasteiger partial charge in [0.15, 0.2) is 5.15 Å². The minimum Gasteiger partial charge on any atom is -0.263 e. The second kappa shape index (κ2) is 3.25. The number of aliphatic imine (C=N–C) groups is 1. The van der Waals surface area contributed by atoms with Crippen LogP contribution in [-0.2, 0) is 0 Å². The molecule has 0 N–H and O–H groups in total. The summed E-state index contributed by atoms with van der Waals surface area (Å²) < 4.78 is 0. The number of halogens is 1. The molecular weight excluding hydrogens is 162 g/mol. The predicted octanol–water partition coefficient (Wildman–Crippen LogP) is 1.80. The molecule has 0 aliphatic carbocycles. The van der Waals surface area contributed by atoms with E-state index in [-0.39, 0.29) is 0 Å². The van der Waals surface area contributed by atoms with Crippen LogP contribution in [0.4, 0.5) is 0 Å². The van der Waals surface area contributed by atoms with Gasteiger partial charge < -0.3 is 0 Å². The number of nitrogens with zero attached hydrogens (tertiary/aromatic N) is 3. The number of rotatable bonds is 2. The topological polar surface area (TPSA) is 38.1 Å². The molecule has 1 aromatic rings. The van der Waals surface area contributed by atoms with E-state index in [1.165, 1.54) is 0 Å². The smallest absolute Gasteiger partial charge is 0.151 e. The van der Waals surface area contributed by atoms with E-state index in [0.717, 1.165) is 0 Å². The van der Waals surface area contributed by atoms with Crippen molar-refractivity contribution >= 4 is 24.0 Å². The van der Waals surface area contributed by atoms with Crippen LogP contribution in [0.1, 0.15) is 5.69 Å². The van der Waals surface area contributed by atoms with Gasteiger partial charge in [0.1, 0.15) is 5.69 Å². The predicted molar refractivity (Wildman–Crippen MR) is 45.6 cm³/mol. The monoisotopic (exact) mass is 167 g/mol. The third-order valence-electron chi connectivity index (χ3n) is 1.12. The first-order chi connectivity index (χ1) is 5.24. The highest BCUT2D eigenvalue weighted by atomic mass is 35.5. The molecule has 0 fully saturated rings. The number of aromatic nitrogens is 2. The quantitative estimate of drug-likeness (QED) is 0.630. The molecule has 4 heteroatoms. The van der Waals surface area contributed by atoms with Gasteiger partial charge in [-0.25, -0.2) is 0 Å². The lowest BCUT2D eigenvalue weighted by Crippen LogP contribution is -1.88. The van der Waals surface area contributed by atoms with Crippen LogP contribution in [0.3, 0.4) is 0 Å². The van der Waals surface area contributed by atoms with Crippen molar-refractivity contribution in [1.82, 2.24) is 10.2 Å². The van der Waals surface area contributed by atoms with Gasteiger partial charge in [0.25, 0.3) is 0 Å². The van der Waals surface area contributed by atoms with Crippen molar-refractivity contribution in [2.24, 2.45) is 4.99 Å². The zero-order valence-corrected chi connectivity index (χ0v) is 6.54. The van der Waals surface area contributed by atoms with Gasteiger partial charge in [0.2, 0.25) is 0 Å². The van der Waals surface area contributed by atoms with Gasteiger partial charge in [0, 0.05) is 0 Å². The molecule has 0 aliphatic rings. The molecule has 0 amide bonds. The largest absolute Gasteiger partial charge is 0.263 e. The molecular formula is C7H6ClN3. The highest BCUT2D eigenvalue weighted by molar-refractivity contribution is 6.29. The van der Waals surface area contributed by atoms with Crippen LogP contribution >= 0.6 is 11.6 Å². The zero-order valence-electron chi connectivity index (χ0n) is 5.79. The maximum atomic E-state index is 5.51. The Morgan fingerprint density at radius 2 is 2.18 bits per heavy atom.